The summed E-state index contributed by atoms with van der Waals surface area (Å²) in [5.74, 6) is 0.625. The minimum Gasteiger partial charge on any atom is -0.440 e. The number of rotatable bonds is 3. The summed E-state index contributed by atoms with van der Waals surface area (Å²) >= 11 is 1.42. The van der Waals surface area contributed by atoms with Gasteiger partial charge in [-0.15, -0.1) is 0 Å². The summed E-state index contributed by atoms with van der Waals surface area (Å²) in [5.41, 5.74) is 0.873. The van der Waals surface area contributed by atoms with Crippen LogP contribution in [0.3, 0.4) is 0 Å². The van der Waals surface area contributed by atoms with Crippen LogP contribution in [0.25, 0.3) is 0 Å². The van der Waals surface area contributed by atoms with E-state index in [9.17, 15) is 0 Å². The Morgan fingerprint density at radius 1 is 1.82 bits per heavy atom. The summed E-state index contributed by atoms with van der Waals surface area (Å²) in [4.78, 5) is 4.07. The van der Waals surface area contributed by atoms with Crippen LogP contribution in [0.1, 0.15) is 12.6 Å². The Balaban J connectivity index is 2.39. The van der Waals surface area contributed by atoms with Crippen molar-refractivity contribution in [2.24, 2.45) is 0 Å². The lowest BCUT2D eigenvalue weighted by atomic mass is 10.5. The molecule has 4 heteroatoms. The van der Waals surface area contributed by atoms with Crippen LogP contribution in [0.5, 0.6) is 0 Å². The molecule has 0 amide bonds. The molecular weight excluding hydrogens is 162 g/mol. The lowest BCUT2D eigenvalue weighted by Gasteiger charge is -1.98. The molecule has 0 saturated carbocycles. The topological polar surface area (TPSA) is 46.3 Å². The summed E-state index contributed by atoms with van der Waals surface area (Å²) in [6.07, 6.45) is 1.29. The minimum atomic E-state index is -0.313. The molecule has 0 unspecified atom stereocenters. The zero-order chi connectivity index (χ0) is 8.27. The maximum absolute atomic E-state index is 8.93. The standard InChI is InChI=1S/C7H11NO2S/c1-5-3-10-7(8-5)11-4-6(2)9/h3,6,9H,4H2,1-2H3/t6-/m1/s1. The third-order valence-electron chi connectivity index (χ3n) is 1.05. The van der Waals surface area contributed by atoms with E-state index in [1.807, 2.05) is 6.92 Å². The monoisotopic (exact) mass is 173 g/mol. The van der Waals surface area contributed by atoms with Gasteiger partial charge in [-0.2, -0.15) is 0 Å². The molecule has 0 fully saturated rings. The van der Waals surface area contributed by atoms with Crippen LogP contribution in [-0.4, -0.2) is 21.9 Å². The van der Waals surface area contributed by atoms with E-state index in [1.54, 1.807) is 13.2 Å². The van der Waals surface area contributed by atoms with Gasteiger partial charge in [-0.05, 0) is 13.8 Å². The molecule has 62 valence electrons. The first kappa shape index (κ1) is 8.62. The molecule has 0 aromatic carbocycles. The molecule has 3 nitrogen and oxygen atoms in total. The highest BCUT2D eigenvalue weighted by Crippen LogP contribution is 2.17. The first-order chi connectivity index (χ1) is 5.18. The second-order valence-electron chi connectivity index (χ2n) is 2.41. The van der Waals surface area contributed by atoms with Gasteiger partial charge in [-0.1, -0.05) is 11.8 Å². The molecule has 0 radical (unpaired) electrons. The van der Waals surface area contributed by atoms with Crippen molar-refractivity contribution in [3.8, 4) is 0 Å². The van der Waals surface area contributed by atoms with E-state index in [0.717, 1.165) is 5.69 Å². The summed E-state index contributed by atoms with van der Waals surface area (Å²) in [6, 6.07) is 0. The van der Waals surface area contributed by atoms with Crippen LogP contribution >= 0.6 is 11.8 Å². The summed E-state index contributed by atoms with van der Waals surface area (Å²) < 4.78 is 5.06. The van der Waals surface area contributed by atoms with Crippen LogP contribution in [0, 0.1) is 6.92 Å². The van der Waals surface area contributed by atoms with Gasteiger partial charge in [0.15, 0.2) is 0 Å². The second-order valence-corrected chi connectivity index (χ2v) is 3.39. The average Bonchev–Trinajstić information content (AvgIpc) is 2.31. The highest BCUT2D eigenvalue weighted by molar-refractivity contribution is 7.99. The Morgan fingerprint density at radius 3 is 3.00 bits per heavy atom. The van der Waals surface area contributed by atoms with Crippen LogP contribution in [0.2, 0.25) is 0 Å². The number of nitrogens with zero attached hydrogens (tertiary/aromatic N) is 1. The lowest BCUT2D eigenvalue weighted by Crippen LogP contribution is -2.02. The Labute approximate surface area is 69.8 Å². The molecule has 0 aliphatic rings. The average molecular weight is 173 g/mol. The maximum atomic E-state index is 8.93. The van der Waals surface area contributed by atoms with Crippen molar-refractivity contribution in [2.45, 2.75) is 25.2 Å². The van der Waals surface area contributed by atoms with Gasteiger partial charge in [0.1, 0.15) is 6.26 Å². The molecule has 0 aliphatic heterocycles. The van der Waals surface area contributed by atoms with Gasteiger partial charge in [0.05, 0.1) is 11.8 Å². The predicted octanol–water partition coefficient (Wildman–Crippen LogP) is 1.46. The zero-order valence-electron chi connectivity index (χ0n) is 6.57. The van der Waals surface area contributed by atoms with Gasteiger partial charge >= 0.3 is 0 Å². The summed E-state index contributed by atoms with van der Waals surface area (Å²) in [7, 11) is 0. The Kier molecular flexibility index (Phi) is 2.96. The highest BCUT2D eigenvalue weighted by Gasteiger charge is 2.02. The van der Waals surface area contributed by atoms with E-state index in [2.05, 4.69) is 4.98 Å². The molecule has 11 heavy (non-hydrogen) atoms. The van der Waals surface area contributed by atoms with Gasteiger partial charge in [0.25, 0.3) is 5.22 Å². The number of hydrogen-bond donors (Lipinski definition) is 1. The molecule has 1 aromatic heterocycles. The molecule has 1 atom stereocenters. The number of hydrogen-bond acceptors (Lipinski definition) is 4. The Morgan fingerprint density at radius 2 is 2.55 bits per heavy atom. The quantitative estimate of drug-likeness (QED) is 0.703. The molecule has 0 saturated heterocycles. The molecule has 0 spiro atoms. The molecule has 1 N–H and O–H groups in total. The fourth-order valence-electron chi connectivity index (χ4n) is 0.591. The number of thioether (sulfide) groups is 1. The van der Waals surface area contributed by atoms with Crippen molar-refractivity contribution < 1.29 is 9.52 Å². The second kappa shape index (κ2) is 3.78. The van der Waals surface area contributed by atoms with Crippen molar-refractivity contribution >= 4 is 11.8 Å². The number of aliphatic hydroxyl groups is 1. The van der Waals surface area contributed by atoms with Crippen LogP contribution in [0.4, 0.5) is 0 Å². The first-order valence-electron chi connectivity index (χ1n) is 3.41. The molecule has 1 heterocycles. The normalized spacial score (nSPS) is 13.4. The fourth-order valence-corrected chi connectivity index (χ4v) is 1.30. The molecule has 0 aliphatic carbocycles. The largest absolute Gasteiger partial charge is 0.440 e. The van der Waals surface area contributed by atoms with Crippen molar-refractivity contribution in [3.63, 3.8) is 0 Å². The third kappa shape index (κ3) is 2.95. The van der Waals surface area contributed by atoms with Gasteiger partial charge in [0, 0.05) is 5.75 Å². The fraction of sp³-hybridized carbons (Fsp3) is 0.571. The van der Waals surface area contributed by atoms with Crippen molar-refractivity contribution in [1.29, 1.82) is 0 Å². The maximum Gasteiger partial charge on any atom is 0.255 e. The summed E-state index contributed by atoms with van der Waals surface area (Å²) in [6.45, 7) is 3.61. The SMILES string of the molecule is Cc1coc(SC[C@@H](C)O)n1. The smallest absolute Gasteiger partial charge is 0.255 e. The van der Waals surface area contributed by atoms with E-state index in [-0.39, 0.29) is 6.10 Å². The molecular formula is C7H11NO2S. The summed E-state index contributed by atoms with van der Waals surface area (Å²) in [5, 5.41) is 9.56. The van der Waals surface area contributed by atoms with Crippen molar-refractivity contribution in [3.05, 3.63) is 12.0 Å². The Bertz CT molecular complexity index is 222. The van der Waals surface area contributed by atoms with Gasteiger partial charge in [-0.3, -0.25) is 0 Å². The van der Waals surface area contributed by atoms with E-state index in [0.29, 0.717) is 11.0 Å². The zero-order valence-corrected chi connectivity index (χ0v) is 7.39. The Hall–Kier alpha value is -0.480. The highest BCUT2D eigenvalue weighted by atomic mass is 32.2. The number of oxazole rings is 1. The van der Waals surface area contributed by atoms with Crippen molar-refractivity contribution in [2.75, 3.05) is 5.75 Å². The van der Waals surface area contributed by atoms with Crippen LogP contribution in [-0.2, 0) is 0 Å². The number of aryl methyl sites for hydroxylation is 1. The van der Waals surface area contributed by atoms with Gasteiger partial charge in [-0.25, -0.2) is 4.98 Å². The number of aliphatic hydroxyl groups excluding tert-OH is 1. The van der Waals surface area contributed by atoms with Crippen LogP contribution < -0.4 is 0 Å². The van der Waals surface area contributed by atoms with Gasteiger partial charge in [0.2, 0.25) is 0 Å². The van der Waals surface area contributed by atoms with Gasteiger partial charge < -0.3 is 9.52 Å². The lowest BCUT2D eigenvalue weighted by molar-refractivity contribution is 0.220. The van der Waals surface area contributed by atoms with E-state index >= 15 is 0 Å². The third-order valence-corrected chi connectivity index (χ3v) is 2.13. The first-order valence-corrected chi connectivity index (χ1v) is 4.40. The number of aromatic nitrogens is 1. The van der Waals surface area contributed by atoms with Crippen LogP contribution in [0.15, 0.2) is 15.9 Å². The van der Waals surface area contributed by atoms with Crippen molar-refractivity contribution in [1.82, 2.24) is 4.98 Å². The van der Waals surface area contributed by atoms with E-state index in [1.165, 1.54) is 11.8 Å². The molecule has 1 rings (SSSR count). The minimum absolute atomic E-state index is 0.313. The molecule has 0 bridgehead atoms. The predicted molar refractivity (Wildman–Crippen MR) is 43.6 cm³/mol. The molecule has 1 aromatic rings. The van der Waals surface area contributed by atoms with E-state index in [4.69, 9.17) is 9.52 Å². The van der Waals surface area contributed by atoms with E-state index < -0.39 is 0 Å².